The molecule has 3 aromatic rings. The predicted molar refractivity (Wildman–Crippen MR) is 112 cm³/mol. The van der Waals surface area contributed by atoms with Gasteiger partial charge in [0, 0.05) is 30.4 Å². The third-order valence-corrected chi connectivity index (χ3v) is 4.88. The highest BCUT2D eigenvalue weighted by Gasteiger charge is 2.21. The molecule has 1 aliphatic heterocycles. The van der Waals surface area contributed by atoms with E-state index in [4.69, 9.17) is 9.73 Å². The second-order valence-electron chi connectivity index (χ2n) is 6.87. The summed E-state index contributed by atoms with van der Waals surface area (Å²) in [5.41, 5.74) is 5.73. The van der Waals surface area contributed by atoms with Crippen LogP contribution in [0, 0.1) is 0 Å². The van der Waals surface area contributed by atoms with E-state index in [0.29, 0.717) is 13.2 Å². The molecule has 0 saturated heterocycles. The highest BCUT2D eigenvalue weighted by Crippen LogP contribution is 2.25. The van der Waals surface area contributed by atoms with Gasteiger partial charge in [0.25, 0.3) is 0 Å². The molecular weight excluding hydrogens is 332 g/mol. The molecular formula is C24H24N2O. The van der Waals surface area contributed by atoms with Crippen molar-refractivity contribution < 1.29 is 4.74 Å². The summed E-state index contributed by atoms with van der Waals surface area (Å²) in [7, 11) is 2.13. The lowest BCUT2D eigenvalue weighted by atomic mass is 9.99. The molecule has 0 fully saturated rings. The van der Waals surface area contributed by atoms with Crippen LogP contribution in [-0.4, -0.2) is 32.0 Å². The number of hydrogen-bond donors (Lipinski definition) is 0. The van der Waals surface area contributed by atoms with Crippen LogP contribution in [-0.2, 0) is 11.3 Å². The Labute approximate surface area is 160 Å². The van der Waals surface area contributed by atoms with Crippen LogP contribution in [0.15, 0.2) is 89.9 Å². The van der Waals surface area contributed by atoms with Crippen LogP contribution in [0.5, 0.6) is 0 Å². The van der Waals surface area contributed by atoms with Crippen molar-refractivity contribution in [1.82, 2.24) is 0 Å². The topological polar surface area (TPSA) is 24.8 Å². The number of fused-ring (bicyclic) bond motifs is 1. The van der Waals surface area contributed by atoms with Gasteiger partial charge in [-0.2, -0.15) is 0 Å². The van der Waals surface area contributed by atoms with Crippen LogP contribution >= 0.6 is 0 Å². The fourth-order valence-electron chi connectivity index (χ4n) is 3.48. The van der Waals surface area contributed by atoms with Gasteiger partial charge in [-0.05, 0) is 11.6 Å². The second-order valence-corrected chi connectivity index (χ2v) is 6.87. The van der Waals surface area contributed by atoms with Crippen molar-refractivity contribution in [3.8, 4) is 0 Å². The van der Waals surface area contributed by atoms with Crippen LogP contribution in [0.1, 0.15) is 16.7 Å². The predicted octanol–water partition coefficient (Wildman–Crippen LogP) is 4.56. The van der Waals surface area contributed by atoms with Crippen molar-refractivity contribution in [2.24, 2.45) is 4.99 Å². The van der Waals surface area contributed by atoms with E-state index in [9.17, 15) is 0 Å². The summed E-state index contributed by atoms with van der Waals surface area (Å²) in [6, 6.07) is 29.2. The zero-order chi connectivity index (χ0) is 18.5. The number of rotatable bonds is 4. The maximum absolute atomic E-state index is 6.23. The molecule has 0 radical (unpaired) electrons. The summed E-state index contributed by atoms with van der Waals surface area (Å²) in [5.74, 6) is 0. The Balaban J connectivity index is 1.63. The molecule has 1 aliphatic rings. The van der Waals surface area contributed by atoms with Gasteiger partial charge in [-0.1, -0.05) is 78.9 Å². The standard InChI is InChI=1S/C24H24N2O/c1-26-17-21(27-18-19-10-4-2-5-11-19)16-25-24(20-12-6-3-7-13-20)22-14-8-9-15-23(22)26/h2-15,21H,16-18H2,1H3/b25-24-. The minimum Gasteiger partial charge on any atom is -0.371 e. The summed E-state index contributed by atoms with van der Waals surface area (Å²) in [6.45, 7) is 2.07. The highest BCUT2D eigenvalue weighted by molar-refractivity contribution is 6.16. The third kappa shape index (κ3) is 4.09. The second kappa shape index (κ2) is 8.19. The maximum Gasteiger partial charge on any atom is 0.0949 e. The lowest BCUT2D eigenvalue weighted by molar-refractivity contribution is 0.0518. The molecule has 136 valence electrons. The fraction of sp³-hybridized carbons (Fsp3) is 0.208. The molecule has 0 spiro atoms. The minimum absolute atomic E-state index is 0.0438. The molecule has 0 N–H and O–H groups in total. The van der Waals surface area contributed by atoms with Crippen molar-refractivity contribution in [3.63, 3.8) is 0 Å². The average Bonchev–Trinajstić information content (AvgIpc) is 2.72. The van der Waals surface area contributed by atoms with E-state index in [1.165, 1.54) is 16.8 Å². The highest BCUT2D eigenvalue weighted by atomic mass is 16.5. The first kappa shape index (κ1) is 17.5. The van der Waals surface area contributed by atoms with Crippen LogP contribution in [0.4, 0.5) is 5.69 Å². The zero-order valence-corrected chi connectivity index (χ0v) is 15.6. The number of ether oxygens (including phenoxy) is 1. The van der Waals surface area contributed by atoms with Gasteiger partial charge in [-0.3, -0.25) is 4.99 Å². The normalized spacial score (nSPS) is 18.8. The largest absolute Gasteiger partial charge is 0.371 e. The van der Waals surface area contributed by atoms with E-state index in [0.717, 1.165) is 17.8 Å². The molecule has 0 bridgehead atoms. The zero-order valence-electron chi connectivity index (χ0n) is 15.6. The van der Waals surface area contributed by atoms with Gasteiger partial charge < -0.3 is 9.64 Å². The van der Waals surface area contributed by atoms with Gasteiger partial charge in [0.05, 0.1) is 25.0 Å². The van der Waals surface area contributed by atoms with E-state index in [1.54, 1.807) is 0 Å². The molecule has 3 aromatic carbocycles. The lowest BCUT2D eigenvalue weighted by Crippen LogP contribution is -2.36. The van der Waals surface area contributed by atoms with Crippen LogP contribution in [0.25, 0.3) is 0 Å². The summed E-state index contributed by atoms with van der Waals surface area (Å²) in [4.78, 5) is 7.27. The van der Waals surface area contributed by atoms with Gasteiger partial charge >= 0.3 is 0 Å². The number of aliphatic imine (C=N–C) groups is 1. The monoisotopic (exact) mass is 356 g/mol. The Morgan fingerprint density at radius 1 is 0.889 bits per heavy atom. The van der Waals surface area contributed by atoms with E-state index in [-0.39, 0.29) is 6.10 Å². The first-order valence-electron chi connectivity index (χ1n) is 9.37. The minimum atomic E-state index is 0.0438. The van der Waals surface area contributed by atoms with Crippen molar-refractivity contribution >= 4 is 11.4 Å². The molecule has 4 rings (SSSR count). The summed E-state index contributed by atoms with van der Waals surface area (Å²) >= 11 is 0. The van der Waals surface area contributed by atoms with E-state index < -0.39 is 0 Å². The van der Waals surface area contributed by atoms with E-state index >= 15 is 0 Å². The molecule has 3 nitrogen and oxygen atoms in total. The number of para-hydroxylation sites is 1. The Kier molecular flexibility index (Phi) is 5.31. The van der Waals surface area contributed by atoms with Crippen LogP contribution in [0.3, 0.4) is 0 Å². The number of hydrogen-bond acceptors (Lipinski definition) is 3. The molecule has 0 amide bonds. The van der Waals surface area contributed by atoms with Gasteiger partial charge in [0.2, 0.25) is 0 Å². The average molecular weight is 356 g/mol. The van der Waals surface area contributed by atoms with Crippen molar-refractivity contribution in [2.45, 2.75) is 12.7 Å². The fourth-order valence-corrected chi connectivity index (χ4v) is 3.48. The van der Waals surface area contributed by atoms with Gasteiger partial charge in [0.1, 0.15) is 0 Å². The number of anilines is 1. The molecule has 0 aliphatic carbocycles. The van der Waals surface area contributed by atoms with E-state index in [1.807, 2.05) is 24.3 Å². The van der Waals surface area contributed by atoms with Gasteiger partial charge in [-0.15, -0.1) is 0 Å². The number of likely N-dealkylation sites (N-methyl/N-ethyl adjacent to an activating group) is 1. The third-order valence-electron chi connectivity index (χ3n) is 4.88. The van der Waals surface area contributed by atoms with Gasteiger partial charge in [-0.25, -0.2) is 0 Å². The Morgan fingerprint density at radius 2 is 1.56 bits per heavy atom. The van der Waals surface area contributed by atoms with Crippen molar-refractivity contribution in [1.29, 1.82) is 0 Å². The van der Waals surface area contributed by atoms with Crippen LogP contribution < -0.4 is 4.90 Å². The molecule has 1 atom stereocenters. The molecule has 3 heteroatoms. The summed E-state index contributed by atoms with van der Waals surface area (Å²) < 4.78 is 6.23. The molecule has 0 saturated carbocycles. The quantitative estimate of drug-likeness (QED) is 0.685. The summed E-state index contributed by atoms with van der Waals surface area (Å²) in [6.07, 6.45) is 0.0438. The van der Waals surface area contributed by atoms with Crippen molar-refractivity contribution in [2.75, 3.05) is 25.0 Å². The molecule has 27 heavy (non-hydrogen) atoms. The number of benzene rings is 3. The van der Waals surface area contributed by atoms with Gasteiger partial charge in [0.15, 0.2) is 0 Å². The Bertz CT molecular complexity index is 906. The maximum atomic E-state index is 6.23. The first-order chi connectivity index (χ1) is 13.3. The SMILES string of the molecule is CN1CC(OCc2ccccc2)C/N=C(/c2ccccc2)c2ccccc21. The Morgan fingerprint density at radius 3 is 2.33 bits per heavy atom. The molecule has 1 heterocycles. The first-order valence-corrected chi connectivity index (χ1v) is 9.37. The van der Waals surface area contributed by atoms with E-state index in [2.05, 4.69) is 72.6 Å². The lowest BCUT2D eigenvalue weighted by Gasteiger charge is -2.30. The molecule has 0 aromatic heterocycles. The van der Waals surface area contributed by atoms with Crippen molar-refractivity contribution in [3.05, 3.63) is 102 Å². The number of nitrogens with zero attached hydrogens (tertiary/aromatic N) is 2. The Hall–Kier alpha value is -2.91. The summed E-state index contributed by atoms with van der Waals surface area (Å²) in [5, 5.41) is 0. The molecule has 1 unspecified atom stereocenters. The van der Waals surface area contributed by atoms with Crippen LogP contribution in [0.2, 0.25) is 0 Å². The smallest absolute Gasteiger partial charge is 0.0949 e.